The number of hydrogen-bond acceptors (Lipinski definition) is 4. The van der Waals surface area contributed by atoms with Gasteiger partial charge in [-0.3, -0.25) is 14.9 Å². The Morgan fingerprint density at radius 2 is 2.16 bits per heavy atom. The Hall–Kier alpha value is -1.95. The van der Waals surface area contributed by atoms with E-state index in [2.05, 4.69) is 10.6 Å². The number of hydrogen-bond donors (Lipinski definition) is 2. The van der Waals surface area contributed by atoms with Crippen molar-refractivity contribution < 1.29 is 9.72 Å². The molecule has 1 aliphatic heterocycles. The van der Waals surface area contributed by atoms with Crippen molar-refractivity contribution in [2.45, 2.75) is 19.8 Å². The van der Waals surface area contributed by atoms with Crippen LogP contribution in [0.5, 0.6) is 0 Å². The van der Waals surface area contributed by atoms with E-state index in [-0.39, 0.29) is 17.0 Å². The fourth-order valence-electron chi connectivity index (χ4n) is 2.33. The SMILES string of the molecule is CCC1(C(=O)Nc2ccc([N+](=O)[O-])cc2)CCNC1. The second kappa shape index (κ2) is 5.36. The molecule has 2 rings (SSSR count). The molecule has 1 aromatic carbocycles. The van der Waals surface area contributed by atoms with Crippen molar-refractivity contribution >= 4 is 17.3 Å². The van der Waals surface area contributed by atoms with Crippen molar-refractivity contribution in [3.63, 3.8) is 0 Å². The number of rotatable bonds is 4. The van der Waals surface area contributed by atoms with Crippen LogP contribution in [0.15, 0.2) is 24.3 Å². The molecule has 1 fully saturated rings. The molecular weight excluding hydrogens is 246 g/mol. The van der Waals surface area contributed by atoms with Crippen LogP contribution in [0.4, 0.5) is 11.4 Å². The molecule has 1 aromatic rings. The van der Waals surface area contributed by atoms with Crippen molar-refractivity contribution in [3.8, 4) is 0 Å². The normalized spacial score (nSPS) is 22.2. The molecule has 6 heteroatoms. The molecule has 6 nitrogen and oxygen atoms in total. The maximum atomic E-state index is 12.3. The van der Waals surface area contributed by atoms with E-state index in [0.29, 0.717) is 12.2 Å². The summed E-state index contributed by atoms with van der Waals surface area (Å²) in [6.07, 6.45) is 1.60. The highest BCUT2D eigenvalue weighted by atomic mass is 16.6. The van der Waals surface area contributed by atoms with Crippen molar-refractivity contribution in [1.82, 2.24) is 5.32 Å². The van der Waals surface area contributed by atoms with Gasteiger partial charge in [0, 0.05) is 24.4 Å². The highest BCUT2D eigenvalue weighted by molar-refractivity contribution is 5.95. The second-order valence-electron chi connectivity index (χ2n) is 4.82. The molecule has 1 aliphatic rings. The van der Waals surface area contributed by atoms with Gasteiger partial charge < -0.3 is 10.6 Å². The maximum absolute atomic E-state index is 12.3. The zero-order valence-corrected chi connectivity index (χ0v) is 10.8. The van der Waals surface area contributed by atoms with Gasteiger partial charge in [-0.15, -0.1) is 0 Å². The Morgan fingerprint density at radius 3 is 2.63 bits per heavy atom. The van der Waals surface area contributed by atoms with Crippen molar-refractivity contribution in [2.75, 3.05) is 18.4 Å². The van der Waals surface area contributed by atoms with Gasteiger partial charge in [-0.25, -0.2) is 0 Å². The number of nitrogens with zero attached hydrogens (tertiary/aromatic N) is 1. The fourth-order valence-corrected chi connectivity index (χ4v) is 2.33. The molecule has 1 saturated heterocycles. The van der Waals surface area contributed by atoms with Gasteiger partial charge in [0.05, 0.1) is 10.3 Å². The number of nitro groups is 1. The van der Waals surface area contributed by atoms with E-state index < -0.39 is 4.92 Å². The molecule has 0 bridgehead atoms. The number of nitro benzene ring substituents is 1. The number of carbonyl (C=O) groups is 1. The van der Waals surface area contributed by atoms with Crippen LogP contribution in [0, 0.1) is 15.5 Å². The predicted molar refractivity (Wildman–Crippen MR) is 71.9 cm³/mol. The van der Waals surface area contributed by atoms with E-state index in [1.165, 1.54) is 12.1 Å². The first kappa shape index (κ1) is 13.5. The van der Waals surface area contributed by atoms with E-state index in [0.717, 1.165) is 19.4 Å². The topological polar surface area (TPSA) is 84.3 Å². The zero-order chi connectivity index (χ0) is 13.9. The van der Waals surface area contributed by atoms with Crippen LogP contribution in [0.2, 0.25) is 0 Å². The molecule has 0 saturated carbocycles. The summed E-state index contributed by atoms with van der Waals surface area (Å²) in [5, 5.41) is 16.6. The van der Waals surface area contributed by atoms with Gasteiger partial charge in [0.1, 0.15) is 0 Å². The summed E-state index contributed by atoms with van der Waals surface area (Å²) in [6, 6.07) is 5.89. The Morgan fingerprint density at radius 1 is 1.47 bits per heavy atom. The average molecular weight is 263 g/mol. The van der Waals surface area contributed by atoms with Gasteiger partial charge in [0.2, 0.25) is 5.91 Å². The lowest BCUT2D eigenvalue weighted by Crippen LogP contribution is -2.37. The van der Waals surface area contributed by atoms with Crippen LogP contribution in [0.1, 0.15) is 19.8 Å². The van der Waals surface area contributed by atoms with Crippen LogP contribution >= 0.6 is 0 Å². The summed E-state index contributed by atoms with van der Waals surface area (Å²) in [5.74, 6) is -0.0196. The number of non-ortho nitro benzene ring substituents is 1. The number of carbonyl (C=O) groups excluding carboxylic acids is 1. The number of amides is 1. The zero-order valence-electron chi connectivity index (χ0n) is 10.8. The van der Waals surface area contributed by atoms with E-state index in [1.807, 2.05) is 6.92 Å². The summed E-state index contributed by atoms with van der Waals surface area (Å²) in [4.78, 5) is 22.4. The smallest absolute Gasteiger partial charge is 0.269 e. The maximum Gasteiger partial charge on any atom is 0.269 e. The lowest BCUT2D eigenvalue weighted by molar-refractivity contribution is -0.384. The Bertz CT molecular complexity index is 478. The monoisotopic (exact) mass is 263 g/mol. The summed E-state index contributed by atoms with van der Waals surface area (Å²) in [6.45, 7) is 3.53. The lowest BCUT2D eigenvalue weighted by atomic mass is 9.83. The molecule has 0 aliphatic carbocycles. The predicted octanol–water partition coefficient (Wildman–Crippen LogP) is 1.92. The van der Waals surface area contributed by atoms with Crippen LogP contribution < -0.4 is 10.6 Å². The van der Waals surface area contributed by atoms with Crippen molar-refractivity contribution in [1.29, 1.82) is 0 Å². The van der Waals surface area contributed by atoms with Gasteiger partial charge in [0.15, 0.2) is 0 Å². The molecule has 19 heavy (non-hydrogen) atoms. The highest BCUT2D eigenvalue weighted by Crippen LogP contribution is 2.31. The first-order valence-electron chi connectivity index (χ1n) is 6.34. The number of nitrogens with one attached hydrogen (secondary N) is 2. The third-order valence-corrected chi connectivity index (χ3v) is 3.74. The van der Waals surface area contributed by atoms with Gasteiger partial charge in [-0.2, -0.15) is 0 Å². The van der Waals surface area contributed by atoms with Gasteiger partial charge in [-0.1, -0.05) is 6.92 Å². The highest BCUT2D eigenvalue weighted by Gasteiger charge is 2.39. The van der Waals surface area contributed by atoms with Gasteiger partial charge in [-0.05, 0) is 31.5 Å². The minimum Gasteiger partial charge on any atom is -0.326 e. The largest absolute Gasteiger partial charge is 0.326 e. The van der Waals surface area contributed by atoms with Crippen LogP contribution in [-0.4, -0.2) is 23.9 Å². The second-order valence-corrected chi connectivity index (χ2v) is 4.82. The summed E-state index contributed by atoms with van der Waals surface area (Å²) in [5.41, 5.74) is 0.253. The van der Waals surface area contributed by atoms with Crippen LogP contribution in [-0.2, 0) is 4.79 Å². The molecular formula is C13H17N3O3. The van der Waals surface area contributed by atoms with Gasteiger partial charge in [0.25, 0.3) is 5.69 Å². The Labute approximate surface area is 111 Å². The first-order chi connectivity index (χ1) is 9.07. The molecule has 1 atom stereocenters. The average Bonchev–Trinajstić information content (AvgIpc) is 2.89. The van der Waals surface area contributed by atoms with Crippen molar-refractivity contribution in [3.05, 3.63) is 34.4 Å². The minimum absolute atomic E-state index is 0.0192. The van der Waals surface area contributed by atoms with E-state index >= 15 is 0 Å². The summed E-state index contributed by atoms with van der Waals surface area (Å²) < 4.78 is 0. The Balaban J connectivity index is 2.08. The third-order valence-electron chi connectivity index (χ3n) is 3.74. The molecule has 0 radical (unpaired) electrons. The summed E-state index contributed by atoms with van der Waals surface area (Å²) >= 11 is 0. The fraction of sp³-hybridized carbons (Fsp3) is 0.462. The van der Waals surface area contributed by atoms with E-state index in [1.54, 1.807) is 12.1 Å². The van der Waals surface area contributed by atoms with E-state index in [4.69, 9.17) is 0 Å². The molecule has 0 aromatic heterocycles. The lowest BCUT2D eigenvalue weighted by Gasteiger charge is -2.25. The molecule has 1 amide bonds. The van der Waals surface area contributed by atoms with Crippen LogP contribution in [0.25, 0.3) is 0 Å². The van der Waals surface area contributed by atoms with E-state index in [9.17, 15) is 14.9 Å². The molecule has 2 N–H and O–H groups in total. The first-order valence-corrected chi connectivity index (χ1v) is 6.34. The van der Waals surface area contributed by atoms with Crippen LogP contribution in [0.3, 0.4) is 0 Å². The summed E-state index contributed by atoms with van der Waals surface area (Å²) in [7, 11) is 0. The number of anilines is 1. The number of benzene rings is 1. The standard InChI is InChI=1S/C13H17N3O3/c1-2-13(7-8-14-9-13)12(17)15-10-3-5-11(6-4-10)16(18)19/h3-6,14H,2,7-9H2,1H3,(H,15,17). The quantitative estimate of drug-likeness (QED) is 0.642. The minimum atomic E-state index is -0.458. The molecule has 1 heterocycles. The molecule has 1 unspecified atom stereocenters. The van der Waals surface area contributed by atoms with Crippen molar-refractivity contribution in [2.24, 2.45) is 5.41 Å². The molecule has 102 valence electrons. The Kier molecular flexibility index (Phi) is 3.80. The molecule has 0 spiro atoms. The third kappa shape index (κ3) is 2.73. The van der Waals surface area contributed by atoms with Gasteiger partial charge >= 0.3 is 0 Å².